The topological polar surface area (TPSA) is 18.5 Å². The Bertz CT molecular complexity index is 212. The monoisotopic (exact) mass is 239 g/mol. The van der Waals surface area contributed by atoms with E-state index in [1.807, 2.05) is 0 Å². The maximum atomic E-state index is 3.51. The molecule has 0 aromatic rings. The zero-order chi connectivity index (χ0) is 12.1. The first kappa shape index (κ1) is 13.3. The van der Waals surface area contributed by atoms with Gasteiger partial charge in [-0.1, -0.05) is 6.92 Å². The van der Waals surface area contributed by atoms with Gasteiger partial charge in [-0.25, -0.2) is 0 Å². The zero-order valence-corrected chi connectivity index (χ0v) is 11.6. The highest BCUT2D eigenvalue weighted by atomic mass is 15.2. The number of hydrogen-bond donors (Lipinski definition) is 1. The van der Waals surface area contributed by atoms with Crippen LogP contribution in [0.5, 0.6) is 0 Å². The van der Waals surface area contributed by atoms with Crippen LogP contribution in [0.4, 0.5) is 0 Å². The molecule has 2 aliphatic rings. The summed E-state index contributed by atoms with van der Waals surface area (Å²) in [7, 11) is 2.25. The second kappa shape index (κ2) is 6.72. The van der Waals surface area contributed by atoms with E-state index in [2.05, 4.69) is 29.1 Å². The predicted molar refractivity (Wildman–Crippen MR) is 73.4 cm³/mol. The molecule has 0 aromatic heterocycles. The van der Waals surface area contributed by atoms with Crippen LogP contribution in [0.15, 0.2) is 0 Å². The van der Waals surface area contributed by atoms with E-state index in [0.29, 0.717) is 0 Å². The van der Waals surface area contributed by atoms with Gasteiger partial charge in [0.2, 0.25) is 0 Å². The van der Waals surface area contributed by atoms with Crippen LogP contribution in [0.2, 0.25) is 0 Å². The molecule has 1 N–H and O–H groups in total. The Morgan fingerprint density at radius 2 is 1.88 bits per heavy atom. The molecule has 0 radical (unpaired) electrons. The van der Waals surface area contributed by atoms with E-state index in [-0.39, 0.29) is 0 Å². The van der Waals surface area contributed by atoms with Crippen molar-refractivity contribution >= 4 is 0 Å². The molecule has 0 aromatic carbocycles. The fourth-order valence-corrected chi connectivity index (χ4v) is 3.30. The molecule has 2 saturated heterocycles. The molecule has 100 valence electrons. The van der Waals surface area contributed by atoms with Crippen molar-refractivity contribution in [3.63, 3.8) is 0 Å². The molecule has 2 rings (SSSR count). The van der Waals surface area contributed by atoms with Gasteiger partial charge in [-0.2, -0.15) is 0 Å². The average Bonchev–Trinajstić information content (AvgIpc) is 2.37. The zero-order valence-electron chi connectivity index (χ0n) is 11.6. The van der Waals surface area contributed by atoms with Crippen LogP contribution in [0, 0.1) is 5.92 Å². The molecule has 0 amide bonds. The third kappa shape index (κ3) is 3.94. The lowest BCUT2D eigenvalue weighted by molar-refractivity contribution is 0.0787. The lowest BCUT2D eigenvalue weighted by Crippen LogP contribution is -2.49. The molecular formula is C14H29N3. The van der Waals surface area contributed by atoms with E-state index >= 15 is 0 Å². The summed E-state index contributed by atoms with van der Waals surface area (Å²) in [6, 6.07) is 0.871. The van der Waals surface area contributed by atoms with Crippen LogP contribution in [-0.2, 0) is 0 Å². The summed E-state index contributed by atoms with van der Waals surface area (Å²) in [6.07, 6.45) is 5.59. The quantitative estimate of drug-likeness (QED) is 0.800. The van der Waals surface area contributed by atoms with Gasteiger partial charge in [-0.3, -0.25) is 4.90 Å². The second-order valence-electron chi connectivity index (χ2n) is 5.85. The summed E-state index contributed by atoms with van der Waals surface area (Å²) < 4.78 is 0. The van der Waals surface area contributed by atoms with Gasteiger partial charge in [0.15, 0.2) is 0 Å². The molecule has 1 unspecified atom stereocenters. The molecule has 0 bridgehead atoms. The Kier molecular flexibility index (Phi) is 5.26. The van der Waals surface area contributed by atoms with Crippen molar-refractivity contribution in [1.29, 1.82) is 0 Å². The van der Waals surface area contributed by atoms with Gasteiger partial charge in [0.1, 0.15) is 0 Å². The minimum absolute atomic E-state index is 0.871. The summed E-state index contributed by atoms with van der Waals surface area (Å²) in [6.45, 7) is 9.80. The van der Waals surface area contributed by atoms with Crippen molar-refractivity contribution in [3.8, 4) is 0 Å². The molecule has 0 aliphatic carbocycles. The Balaban J connectivity index is 1.76. The fraction of sp³-hybridized carbons (Fsp3) is 1.00. The standard InChI is InChI=1S/C14H29N3/c1-3-15-11-13-5-4-8-17(12-13)14-6-9-16(2)10-7-14/h13-15H,3-12H2,1-2H3. The van der Waals surface area contributed by atoms with Crippen LogP contribution < -0.4 is 5.32 Å². The highest BCUT2D eigenvalue weighted by Gasteiger charge is 2.27. The van der Waals surface area contributed by atoms with Gasteiger partial charge in [0.05, 0.1) is 0 Å². The molecule has 1 atom stereocenters. The van der Waals surface area contributed by atoms with E-state index in [1.54, 1.807) is 0 Å². The van der Waals surface area contributed by atoms with Crippen LogP contribution in [-0.4, -0.2) is 62.2 Å². The minimum atomic E-state index is 0.871. The molecule has 2 fully saturated rings. The highest BCUT2D eigenvalue weighted by Crippen LogP contribution is 2.23. The molecule has 0 spiro atoms. The number of rotatable bonds is 4. The summed E-state index contributed by atoms with van der Waals surface area (Å²) in [5.74, 6) is 0.892. The third-order valence-electron chi connectivity index (χ3n) is 4.44. The Hall–Kier alpha value is -0.120. The fourth-order valence-electron chi connectivity index (χ4n) is 3.30. The number of likely N-dealkylation sites (tertiary alicyclic amines) is 2. The maximum Gasteiger partial charge on any atom is 0.0120 e. The van der Waals surface area contributed by atoms with Gasteiger partial charge < -0.3 is 10.2 Å². The van der Waals surface area contributed by atoms with Crippen molar-refractivity contribution in [2.45, 2.75) is 38.6 Å². The molecule has 2 aliphatic heterocycles. The highest BCUT2D eigenvalue weighted by molar-refractivity contribution is 4.83. The summed E-state index contributed by atoms with van der Waals surface area (Å²) in [5, 5.41) is 3.51. The van der Waals surface area contributed by atoms with Gasteiger partial charge >= 0.3 is 0 Å². The van der Waals surface area contributed by atoms with Gasteiger partial charge in [0, 0.05) is 12.6 Å². The molecule has 3 nitrogen and oxygen atoms in total. The summed E-state index contributed by atoms with van der Waals surface area (Å²) >= 11 is 0. The average molecular weight is 239 g/mol. The Morgan fingerprint density at radius 1 is 1.12 bits per heavy atom. The first-order valence-electron chi connectivity index (χ1n) is 7.43. The normalized spacial score (nSPS) is 29.6. The van der Waals surface area contributed by atoms with Crippen LogP contribution >= 0.6 is 0 Å². The largest absolute Gasteiger partial charge is 0.317 e. The van der Waals surface area contributed by atoms with Crippen LogP contribution in [0.25, 0.3) is 0 Å². The van der Waals surface area contributed by atoms with Crippen molar-refractivity contribution < 1.29 is 0 Å². The number of nitrogens with one attached hydrogen (secondary N) is 1. The summed E-state index contributed by atoms with van der Waals surface area (Å²) in [4.78, 5) is 5.25. The lowest BCUT2D eigenvalue weighted by Gasteiger charge is -2.41. The lowest BCUT2D eigenvalue weighted by atomic mass is 9.94. The molecule has 17 heavy (non-hydrogen) atoms. The van der Waals surface area contributed by atoms with Gasteiger partial charge in [-0.15, -0.1) is 0 Å². The third-order valence-corrected chi connectivity index (χ3v) is 4.44. The van der Waals surface area contributed by atoms with Crippen LogP contribution in [0.1, 0.15) is 32.6 Å². The van der Waals surface area contributed by atoms with E-state index in [0.717, 1.165) is 18.5 Å². The first-order valence-corrected chi connectivity index (χ1v) is 7.43. The number of nitrogens with zero attached hydrogens (tertiary/aromatic N) is 2. The van der Waals surface area contributed by atoms with E-state index < -0.39 is 0 Å². The number of piperidine rings is 2. The molecule has 0 saturated carbocycles. The van der Waals surface area contributed by atoms with Crippen molar-refractivity contribution in [1.82, 2.24) is 15.1 Å². The SMILES string of the molecule is CCNCC1CCCN(C2CCN(C)CC2)C1. The van der Waals surface area contributed by atoms with Crippen molar-refractivity contribution in [2.75, 3.05) is 46.3 Å². The van der Waals surface area contributed by atoms with Crippen molar-refractivity contribution in [2.24, 2.45) is 5.92 Å². The van der Waals surface area contributed by atoms with Gasteiger partial charge in [-0.05, 0) is 71.4 Å². The van der Waals surface area contributed by atoms with Gasteiger partial charge in [0.25, 0.3) is 0 Å². The molecule has 2 heterocycles. The Labute approximate surface area is 107 Å². The van der Waals surface area contributed by atoms with E-state index in [4.69, 9.17) is 0 Å². The number of hydrogen-bond acceptors (Lipinski definition) is 3. The van der Waals surface area contributed by atoms with E-state index in [9.17, 15) is 0 Å². The van der Waals surface area contributed by atoms with Crippen LogP contribution in [0.3, 0.4) is 0 Å². The predicted octanol–water partition coefficient (Wildman–Crippen LogP) is 1.40. The minimum Gasteiger partial charge on any atom is -0.317 e. The smallest absolute Gasteiger partial charge is 0.0120 e. The van der Waals surface area contributed by atoms with E-state index in [1.165, 1.54) is 58.4 Å². The summed E-state index contributed by atoms with van der Waals surface area (Å²) in [5.41, 5.74) is 0. The maximum absolute atomic E-state index is 3.51. The Morgan fingerprint density at radius 3 is 2.59 bits per heavy atom. The molecular weight excluding hydrogens is 210 g/mol. The first-order chi connectivity index (χ1) is 8.29. The van der Waals surface area contributed by atoms with Crippen molar-refractivity contribution in [3.05, 3.63) is 0 Å². The molecule has 3 heteroatoms. The second-order valence-corrected chi connectivity index (χ2v) is 5.85.